The van der Waals surface area contributed by atoms with Gasteiger partial charge in [0.2, 0.25) is 0 Å². The van der Waals surface area contributed by atoms with E-state index in [0.29, 0.717) is 24.5 Å². The molecule has 1 atom stereocenters. The maximum absolute atomic E-state index is 13.5. The van der Waals surface area contributed by atoms with Crippen LogP contribution in [0.5, 0.6) is 0 Å². The van der Waals surface area contributed by atoms with E-state index < -0.39 is 10.8 Å². The van der Waals surface area contributed by atoms with E-state index in [2.05, 4.69) is 0 Å². The standard InChI is InChI=1S/C11H16FNO2S/c1-15-4-5-16(14)8-10-3-2-9(7-13)6-11(10)12/h2-3,6H,4-5,7-8,13H2,1H3. The maximum Gasteiger partial charge on any atom is 0.127 e. The summed E-state index contributed by atoms with van der Waals surface area (Å²) in [6.07, 6.45) is 0. The first kappa shape index (κ1) is 13.3. The average molecular weight is 245 g/mol. The van der Waals surface area contributed by atoms with Crippen LogP contribution in [-0.2, 0) is 27.8 Å². The van der Waals surface area contributed by atoms with Gasteiger partial charge in [-0.3, -0.25) is 4.21 Å². The molecule has 0 radical (unpaired) electrons. The molecule has 1 rings (SSSR count). The van der Waals surface area contributed by atoms with Crippen LogP contribution < -0.4 is 5.73 Å². The van der Waals surface area contributed by atoms with Crippen molar-refractivity contribution in [3.05, 3.63) is 35.1 Å². The molecule has 0 saturated carbocycles. The van der Waals surface area contributed by atoms with Crippen LogP contribution in [0.2, 0.25) is 0 Å². The summed E-state index contributed by atoms with van der Waals surface area (Å²) >= 11 is 0. The first-order valence-corrected chi connectivity index (χ1v) is 6.47. The molecule has 3 nitrogen and oxygen atoms in total. The van der Waals surface area contributed by atoms with Gasteiger partial charge in [-0.05, 0) is 11.6 Å². The van der Waals surface area contributed by atoms with Gasteiger partial charge in [-0.15, -0.1) is 0 Å². The van der Waals surface area contributed by atoms with Crippen molar-refractivity contribution in [3.8, 4) is 0 Å². The molecule has 1 aromatic carbocycles. The molecule has 0 bridgehead atoms. The van der Waals surface area contributed by atoms with Gasteiger partial charge in [-0.25, -0.2) is 4.39 Å². The van der Waals surface area contributed by atoms with Crippen LogP contribution in [-0.4, -0.2) is 23.7 Å². The first-order valence-electron chi connectivity index (χ1n) is 4.98. The third-order valence-corrected chi connectivity index (χ3v) is 3.44. The Hall–Kier alpha value is -0.780. The topological polar surface area (TPSA) is 52.3 Å². The fourth-order valence-corrected chi connectivity index (χ4v) is 2.33. The van der Waals surface area contributed by atoms with Gasteiger partial charge in [0.05, 0.1) is 12.4 Å². The lowest BCUT2D eigenvalue weighted by Crippen LogP contribution is -2.08. The minimum absolute atomic E-state index is 0.222. The molecule has 5 heteroatoms. The quantitative estimate of drug-likeness (QED) is 0.818. The van der Waals surface area contributed by atoms with Crippen molar-refractivity contribution in [1.82, 2.24) is 0 Å². The summed E-state index contributed by atoms with van der Waals surface area (Å²) in [5.41, 5.74) is 6.60. The minimum Gasteiger partial charge on any atom is -0.384 e. The second kappa shape index (κ2) is 6.73. The fourth-order valence-electron chi connectivity index (χ4n) is 1.26. The summed E-state index contributed by atoms with van der Waals surface area (Å²) < 4.78 is 29.8. The molecular weight excluding hydrogens is 229 g/mol. The van der Waals surface area contributed by atoms with E-state index in [1.807, 2.05) is 0 Å². The van der Waals surface area contributed by atoms with E-state index in [-0.39, 0.29) is 11.6 Å². The van der Waals surface area contributed by atoms with E-state index in [4.69, 9.17) is 10.5 Å². The molecule has 0 heterocycles. The highest BCUT2D eigenvalue weighted by atomic mass is 32.2. The normalized spacial score (nSPS) is 12.7. The van der Waals surface area contributed by atoms with E-state index in [9.17, 15) is 8.60 Å². The van der Waals surface area contributed by atoms with Gasteiger partial charge in [0.25, 0.3) is 0 Å². The highest BCUT2D eigenvalue weighted by Gasteiger charge is 2.07. The van der Waals surface area contributed by atoms with Crippen molar-refractivity contribution < 1.29 is 13.3 Å². The summed E-state index contributed by atoms with van der Waals surface area (Å²) in [6, 6.07) is 4.79. The van der Waals surface area contributed by atoms with Gasteiger partial charge >= 0.3 is 0 Å². The van der Waals surface area contributed by atoms with Crippen LogP contribution in [0.3, 0.4) is 0 Å². The number of halogens is 1. The molecule has 16 heavy (non-hydrogen) atoms. The predicted molar refractivity (Wildman–Crippen MR) is 62.9 cm³/mol. The van der Waals surface area contributed by atoms with Crippen LogP contribution in [0.15, 0.2) is 18.2 Å². The molecule has 90 valence electrons. The number of hydrogen-bond acceptors (Lipinski definition) is 3. The Morgan fingerprint density at radius 3 is 2.81 bits per heavy atom. The third kappa shape index (κ3) is 4.00. The second-order valence-corrected chi connectivity index (χ2v) is 4.99. The molecule has 0 aliphatic rings. The van der Waals surface area contributed by atoms with Crippen LogP contribution in [0.25, 0.3) is 0 Å². The number of methoxy groups -OCH3 is 1. The van der Waals surface area contributed by atoms with Crippen molar-refractivity contribution >= 4 is 10.8 Å². The number of ether oxygens (including phenoxy) is 1. The molecule has 0 aromatic heterocycles. The molecule has 0 spiro atoms. The monoisotopic (exact) mass is 245 g/mol. The van der Waals surface area contributed by atoms with Crippen LogP contribution >= 0.6 is 0 Å². The number of hydrogen-bond donors (Lipinski definition) is 1. The summed E-state index contributed by atoms with van der Waals surface area (Å²) in [5.74, 6) is 0.308. The van der Waals surface area contributed by atoms with Gasteiger partial charge < -0.3 is 10.5 Å². The van der Waals surface area contributed by atoms with E-state index >= 15 is 0 Å². The van der Waals surface area contributed by atoms with Crippen molar-refractivity contribution in [3.63, 3.8) is 0 Å². The molecular formula is C11H16FNO2S. The Bertz CT molecular complexity index is 371. The summed E-state index contributed by atoms with van der Waals surface area (Å²) in [4.78, 5) is 0. The Balaban J connectivity index is 2.63. The molecule has 1 unspecified atom stereocenters. The lowest BCUT2D eigenvalue weighted by molar-refractivity contribution is 0.218. The van der Waals surface area contributed by atoms with Crippen molar-refractivity contribution in [2.45, 2.75) is 12.3 Å². The fraction of sp³-hybridized carbons (Fsp3) is 0.455. The van der Waals surface area contributed by atoms with Crippen molar-refractivity contribution in [2.24, 2.45) is 5.73 Å². The molecule has 0 saturated heterocycles. The van der Waals surface area contributed by atoms with Gasteiger partial charge in [0.1, 0.15) is 5.82 Å². The summed E-state index contributed by atoms with van der Waals surface area (Å²) in [5, 5.41) is 0. The van der Waals surface area contributed by atoms with Gasteiger partial charge in [0.15, 0.2) is 0 Å². The molecule has 1 aromatic rings. The zero-order valence-electron chi connectivity index (χ0n) is 9.24. The summed E-state index contributed by atoms with van der Waals surface area (Å²) in [6.45, 7) is 0.735. The number of benzene rings is 1. The minimum atomic E-state index is -1.09. The Morgan fingerprint density at radius 2 is 2.25 bits per heavy atom. The Morgan fingerprint density at radius 1 is 1.50 bits per heavy atom. The zero-order valence-corrected chi connectivity index (χ0v) is 10.1. The Labute approximate surface area is 97.2 Å². The summed E-state index contributed by atoms with van der Waals surface area (Å²) in [7, 11) is 0.463. The Kier molecular flexibility index (Phi) is 5.59. The predicted octanol–water partition coefficient (Wildman–Crippen LogP) is 1.18. The lowest BCUT2D eigenvalue weighted by atomic mass is 10.1. The third-order valence-electron chi connectivity index (χ3n) is 2.18. The lowest BCUT2D eigenvalue weighted by Gasteiger charge is -2.05. The largest absolute Gasteiger partial charge is 0.384 e. The second-order valence-electron chi connectivity index (χ2n) is 3.41. The zero-order chi connectivity index (χ0) is 12.0. The van der Waals surface area contributed by atoms with E-state index in [1.54, 1.807) is 19.2 Å². The number of nitrogens with two attached hydrogens (primary N) is 1. The highest BCUT2D eigenvalue weighted by molar-refractivity contribution is 7.84. The van der Waals surface area contributed by atoms with Gasteiger partial charge in [0, 0.05) is 35.8 Å². The number of rotatable bonds is 6. The maximum atomic E-state index is 13.5. The van der Waals surface area contributed by atoms with Gasteiger partial charge in [-0.1, -0.05) is 12.1 Å². The van der Waals surface area contributed by atoms with E-state index in [0.717, 1.165) is 5.56 Å². The average Bonchev–Trinajstić information content (AvgIpc) is 2.29. The smallest absolute Gasteiger partial charge is 0.127 e. The van der Waals surface area contributed by atoms with E-state index in [1.165, 1.54) is 6.07 Å². The SMILES string of the molecule is COCCS(=O)Cc1ccc(CN)cc1F. The molecule has 2 N–H and O–H groups in total. The van der Waals surface area contributed by atoms with Gasteiger partial charge in [-0.2, -0.15) is 0 Å². The van der Waals surface area contributed by atoms with Crippen molar-refractivity contribution in [2.75, 3.05) is 19.5 Å². The van der Waals surface area contributed by atoms with Crippen LogP contribution in [0.1, 0.15) is 11.1 Å². The van der Waals surface area contributed by atoms with Crippen LogP contribution in [0.4, 0.5) is 4.39 Å². The first-order chi connectivity index (χ1) is 7.67. The molecule has 0 fully saturated rings. The molecule has 0 aliphatic carbocycles. The molecule has 0 amide bonds. The van der Waals surface area contributed by atoms with Crippen molar-refractivity contribution in [1.29, 1.82) is 0 Å². The van der Waals surface area contributed by atoms with Crippen LogP contribution in [0, 0.1) is 5.82 Å². The highest BCUT2D eigenvalue weighted by Crippen LogP contribution is 2.12. The molecule has 0 aliphatic heterocycles.